The molecule has 1 fully saturated rings. The summed E-state index contributed by atoms with van der Waals surface area (Å²) in [6.45, 7) is 7.82. The summed E-state index contributed by atoms with van der Waals surface area (Å²) >= 11 is 0. The number of benzene rings is 1. The lowest BCUT2D eigenvalue weighted by atomic mass is 10.1. The van der Waals surface area contributed by atoms with Gasteiger partial charge in [0.05, 0.1) is 12.2 Å². The molecule has 1 aliphatic rings. The maximum atomic E-state index is 5.85. The molecule has 3 heterocycles. The van der Waals surface area contributed by atoms with Crippen molar-refractivity contribution in [1.29, 1.82) is 0 Å². The van der Waals surface area contributed by atoms with E-state index in [0.29, 0.717) is 0 Å². The number of aromatic nitrogens is 4. The summed E-state index contributed by atoms with van der Waals surface area (Å²) in [4.78, 5) is 2.31. The summed E-state index contributed by atoms with van der Waals surface area (Å²) in [5.41, 5.74) is 0.811. The van der Waals surface area contributed by atoms with E-state index in [4.69, 9.17) is 9.84 Å². The molecule has 3 aromatic rings. The fourth-order valence-corrected chi connectivity index (χ4v) is 3.25. The van der Waals surface area contributed by atoms with Crippen molar-refractivity contribution < 1.29 is 4.74 Å². The highest BCUT2D eigenvalue weighted by Crippen LogP contribution is 2.29. The number of nitrogens with zero attached hydrogens (tertiary/aromatic N) is 5. The average molecular weight is 297 g/mol. The first-order valence-corrected chi connectivity index (χ1v) is 7.64. The van der Waals surface area contributed by atoms with Crippen LogP contribution in [0.5, 0.6) is 0 Å². The second kappa shape index (κ2) is 4.91. The summed E-state index contributed by atoms with van der Waals surface area (Å²) in [7, 11) is 0. The van der Waals surface area contributed by atoms with Crippen LogP contribution in [0.2, 0.25) is 0 Å². The van der Waals surface area contributed by atoms with Crippen molar-refractivity contribution >= 4 is 22.2 Å². The lowest BCUT2D eigenvalue weighted by Gasteiger charge is -2.36. The maximum Gasteiger partial charge on any atom is 0.185 e. The van der Waals surface area contributed by atoms with Crippen LogP contribution in [0.25, 0.3) is 16.4 Å². The Morgan fingerprint density at radius 2 is 1.73 bits per heavy atom. The molecule has 22 heavy (non-hydrogen) atoms. The molecule has 1 saturated heterocycles. The fourth-order valence-electron chi connectivity index (χ4n) is 3.25. The van der Waals surface area contributed by atoms with Crippen LogP contribution in [-0.2, 0) is 4.74 Å². The van der Waals surface area contributed by atoms with Crippen LogP contribution >= 0.6 is 0 Å². The molecule has 2 aromatic heterocycles. The zero-order valence-corrected chi connectivity index (χ0v) is 13.0. The predicted octanol–water partition coefficient (Wildman–Crippen LogP) is 2.20. The smallest absolute Gasteiger partial charge is 0.185 e. The van der Waals surface area contributed by atoms with E-state index < -0.39 is 0 Å². The van der Waals surface area contributed by atoms with E-state index in [1.54, 1.807) is 0 Å². The molecule has 0 N–H and O–H groups in total. The first-order valence-electron chi connectivity index (χ1n) is 7.64. The van der Waals surface area contributed by atoms with Crippen molar-refractivity contribution in [3.8, 4) is 0 Å². The van der Waals surface area contributed by atoms with E-state index in [1.807, 2.05) is 23.6 Å². The van der Waals surface area contributed by atoms with Gasteiger partial charge in [-0.15, -0.1) is 15.3 Å². The molecule has 0 radical (unpaired) electrons. The first-order chi connectivity index (χ1) is 10.6. The standard InChI is InChI=1S/C16H19N5O/c1-10-8-20(9-11(2)22-10)16-14-7-5-4-6-13(14)15-18-17-12(3)21(15)19-16/h4-7,10-11H,8-9H2,1-3H3. The number of hydrogen-bond acceptors (Lipinski definition) is 5. The number of morpholine rings is 1. The number of fused-ring (bicyclic) bond motifs is 3. The zero-order chi connectivity index (χ0) is 15.3. The number of hydrogen-bond donors (Lipinski definition) is 0. The Morgan fingerprint density at radius 1 is 1.05 bits per heavy atom. The van der Waals surface area contributed by atoms with Gasteiger partial charge in [0.15, 0.2) is 17.3 Å². The van der Waals surface area contributed by atoms with Crippen molar-refractivity contribution in [2.45, 2.75) is 33.0 Å². The van der Waals surface area contributed by atoms with E-state index in [-0.39, 0.29) is 12.2 Å². The van der Waals surface area contributed by atoms with Gasteiger partial charge in [-0.2, -0.15) is 4.52 Å². The molecule has 114 valence electrons. The Hall–Kier alpha value is -2.21. The molecule has 6 nitrogen and oxygen atoms in total. The van der Waals surface area contributed by atoms with Crippen molar-refractivity contribution in [3.63, 3.8) is 0 Å². The predicted molar refractivity (Wildman–Crippen MR) is 85.2 cm³/mol. The van der Waals surface area contributed by atoms with Crippen LogP contribution in [-0.4, -0.2) is 45.1 Å². The van der Waals surface area contributed by atoms with Gasteiger partial charge < -0.3 is 9.64 Å². The highest BCUT2D eigenvalue weighted by atomic mass is 16.5. The molecular formula is C16H19N5O. The highest BCUT2D eigenvalue weighted by Gasteiger charge is 2.25. The van der Waals surface area contributed by atoms with Gasteiger partial charge in [0.2, 0.25) is 0 Å². The Labute approximate surface area is 128 Å². The molecule has 0 aliphatic carbocycles. The van der Waals surface area contributed by atoms with Crippen LogP contribution in [0.3, 0.4) is 0 Å². The normalized spacial score (nSPS) is 22.6. The van der Waals surface area contributed by atoms with Crippen LogP contribution < -0.4 is 4.90 Å². The van der Waals surface area contributed by atoms with Crippen LogP contribution in [0.1, 0.15) is 19.7 Å². The Kier molecular flexibility index (Phi) is 3.00. The van der Waals surface area contributed by atoms with Gasteiger partial charge in [-0.25, -0.2) is 0 Å². The van der Waals surface area contributed by atoms with Crippen molar-refractivity contribution in [3.05, 3.63) is 30.1 Å². The largest absolute Gasteiger partial charge is 0.372 e. The zero-order valence-electron chi connectivity index (χ0n) is 13.0. The van der Waals surface area contributed by atoms with Crippen molar-refractivity contribution in [2.75, 3.05) is 18.0 Å². The van der Waals surface area contributed by atoms with Gasteiger partial charge in [0, 0.05) is 23.9 Å². The summed E-state index contributed by atoms with van der Waals surface area (Å²) in [6.07, 6.45) is 0.393. The van der Waals surface area contributed by atoms with Gasteiger partial charge >= 0.3 is 0 Å². The third-order valence-corrected chi connectivity index (χ3v) is 4.12. The topological polar surface area (TPSA) is 55.5 Å². The third-order valence-electron chi connectivity index (χ3n) is 4.12. The molecule has 4 rings (SSSR count). The maximum absolute atomic E-state index is 5.85. The number of ether oxygens (including phenoxy) is 1. The molecule has 0 bridgehead atoms. The molecular weight excluding hydrogens is 278 g/mol. The van der Waals surface area contributed by atoms with Gasteiger partial charge in [0.1, 0.15) is 0 Å². The molecule has 6 heteroatoms. The van der Waals surface area contributed by atoms with E-state index in [0.717, 1.165) is 41.2 Å². The minimum atomic E-state index is 0.196. The Morgan fingerprint density at radius 3 is 2.45 bits per heavy atom. The first kappa shape index (κ1) is 13.5. The Bertz CT molecular complexity index is 833. The summed E-state index contributed by atoms with van der Waals surface area (Å²) in [6, 6.07) is 8.25. The summed E-state index contributed by atoms with van der Waals surface area (Å²) in [5, 5.41) is 15.5. The highest BCUT2D eigenvalue weighted by molar-refractivity contribution is 6.00. The third kappa shape index (κ3) is 2.02. The molecule has 1 aromatic carbocycles. The van der Waals surface area contributed by atoms with Crippen LogP contribution in [0.15, 0.2) is 24.3 Å². The van der Waals surface area contributed by atoms with Crippen LogP contribution in [0, 0.1) is 6.92 Å². The van der Waals surface area contributed by atoms with Crippen molar-refractivity contribution in [2.24, 2.45) is 0 Å². The van der Waals surface area contributed by atoms with Gasteiger partial charge in [-0.05, 0) is 20.8 Å². The van der Waals surface area contributed by atoms with E-state index >= 15 is 0 Å². The van der Waals surface area contributed by atoms with Gasteiger partial charge in [-0.1, -0.05) is 24.3 Å². The number of aryl methyl sites for hydroxylation is 1. The minimum Gasteiger partial charge on any atom is -0.372 e. The second-order valence-corrected chi connectivity index (χ2v) is 6.01. The Balaban J connectivity index is 1.96. The van der Waals surface area contributed by atoms with Crippen molar-refractivity contribution in [1.82, 2.24) is 19.8 Å². The lowest BCUT2D eigenvalue weighted by molar-refractivity contribution is -0.00542. The minimum absolute atomic E-state index is 0.196. The number of rotatable bonds is 1. The van der Waals surface area contributed by atoms with Crippen LogP contribution in [0.4, 0.5) is 5.82 Å². The average Bonchev–Trinajstić information content (AvgIpc) is 2.87. The second-order valence-electron chi connectivity index (χ2n) is 6.01. The molecule has 1 aliphatic heterocycles. The molecule has 0 spiro atoms. The van der Waals surface area contributed by atoms with E-state index in [9.17, 15) is 0 Å². The summed E-state index contributed by atoms with van der Waals surface area (Å²) in [5.74, 6) is 1.78. The molecule has 2 atom stereocenters. The molecule has 0 saturated carbocycles. The summed E-state index contributed by atoms with van der Waals surface area (Å²) < 4.78 is 7.68. The van der Waals surface area contributed by atoms with E-state index in [1.165, 1.54) is 0 Å². The van der Waals surface area contributed by atoms with Gasteiger partial charge in [0.25, 0.3) is 0 Å². The number of anilines is 1. The molecule has 2 unspecified atom stereocenters. The molecule has 0 amide bonds. The monoisotopic (exact) mass is 297 g/mol. The lowest BCUT2D eigenvalue weighted by Crippen LogP contribution is -2.46. The van der Waals surface area contributed by atoms with Gasteiger partial charge in [-0.3, -0.25) is 0 Å². The quantitative estimate of drug-likeness (QED) is 0.689. The SMILES string of the molecule is Cc1nnc2c3ccccc3c(N3CC(C)OC(C)C3)nn12. The fraction of sp³-hybridized carbons (Fsp3) is 0.438. The van der Waals surface area contributed by atoms with E-state index in [2.05, 4.69) is 41.1 Å².